The molecule has 2 heterocycles. The first-order valence-corrected chi connectivity index (χ1v) is 10.4. The van der Waals surface area contributed by atoms with Crippen LogP contribution in [0.15, 0.2) is 54.7 Å². The Hall–Kier alpha value is -2.77. The van der Waals surface area contributed by atoms with Crippen LogP contribution in [0.4, 0.5) is 8.78 Å². The molecule has 7 heteroatoms. The molecule has 0 bridgehead atoms. The van der Waals surface area contributed by atoms with Crippen molar-refractivity contribution < 1.29 is 23.4 Å². The van der Waals surface area contributed by atoms with Crippen LogP contribution in [0.25, 0.3) is 21.9 Å². The van der Waals surface area contributed by atoms with Crippen LogP contribution in [0.1, 0.15) is 0 Å². The van der Waals surface area contributed by atoms with Crippen molar-refractivity contribution in [1.82, 2.24) is 9.88 Å². The lowest BCUT2D eigenvalue weighted by Gasteiger charge is -2.22. The number of hydrogen-bond donors (Lipinski definition) is 1. The van der Waals surface area contributed by atoms with Crippen LogP contribution >= 0.6 is 0 Å². The molecule has 0 spiro atoms. The van der Waals surface area contributed by atoms with Gasteiger partial charge in [0.1, 0.15) is 18.5 Å². The number of aromatic nitrogens is 1. The fourth-order valence-corrected chi connectivity index (χ4v) is 4.45. The van der Waals surface area contributed by atoms with E-state index < -0.39 is 23.9 Å². The number of aliphatic hydroxyl groups excluding tert-OH is 1. The summed E-state index contributed by atoms with van der Waals surface area (Å²) in [5, 5.41) is 12.4. The molecule has 5 nitrogen and oxygen atoms in total. The molecule has 1 saturated heterocycles. The Morgan fingerprint density at radius 3 is 2.52 bits per heavy atom. The van der Waals surface area contributed by atoms with Crippen LogP contribution in [0.2, 0.25) is 0 Å². The fourth-order valence-electron chi connectivity index (χ4n) is 4.45. The summed E-state index contributed by atoms with van der Waals surface area (Å²) in [4.78, 5) is 6.16. The average Bonchev–Trinajstić information content (AvgIpc) is 3.10. The van der Waals surface area contributed by atoms with E-state index in [0.717, 1.165) is 21.9 Å². The zero-order chi connectivity index (χ0) is 21.6. The number of alkyl halides is 2. The number of hydrogen-bond acceptors (Lipinski definition) is 5. The maximum atomic E-state index is 13.3. The summed E-state index contributed by atoms with van der Waals surface area (Å²) in [6.45, 7) is 1.18. The minimum atomic E-state index is -2.50. The molecule has 1 N–H and O–H groups in total. The van der Waals surface area contributed by atoms with Gasteiger partial charge in [-0.1, -0.05) is 18.2 Å². The van der Waals surface area contributed by atoms with Crippen molar-refractivity contribution in [3.05, 3.63) is 54.7 Å². The SMILES string of the molecule is COc1ccc(-c2ccc3ccc(OCC(O)CN4CC5C(C4)C5(F)F)cc3c2)cn1. The minimum absolute atomic E-state index is 0.121. The third kappa shape index (κ3) is 3.95. The summed E-state index contributed by atoms with van der Waals surface area (Å²) in [7, 11) is 1.59. The monoisotopic (exact) mass is 426 g/mol. The van der Waals surface area contributed by atoms with Crippen LogP contribution in [-0.2, 0) is 0 Å². The Bertz CT molecular complexity index is 1080. The molecule has 1 aromatic heterocycles. The van der Waals surface area contributed by atoms with E-state index in [1.165, 1.54) is 0 Å². The van der Waals surface area contributed by atoms with E-state index in [1.54, 1.807) is 13.3 Å². The smallest absolute Gasteiger partial charge is 0.257 e. The molecular formula is C24H24F2N2O3. The van der Waals surface area contributed by atoms with Gasteiger partial charge in [-0.2, -0.15) is 0 Å². The maximum absolute atomic E-state index is 13.3. The topological polar surface area (TPSA) is 54.8 Å². The van der Waals surface area contributed by atoms with Crippen molar-refractivity contribution >= 4 is 10.8 Å². The van der Waals surface area contributed by atoms with Crippen molar-refractivity contribution in [1.29, 1.82) is 0 Å². The Balaban J connectivity index is 1.22. The summed E-state index contributed by atoms with van der Waals surface area (Å²) in [6.07, 6.45) is 1.05. The number of β-amino-alcohol motifs (C(OH)–C–C–N with tert-alkyl or cyclic N) is 1. The van der Waals surface area contributed by atoms with E-state index in [4.69, 9.17) is 9.47 Å². The second-order valence-corrected chi connectivity index (χ2v) is 8.38. The molecule has 1 saturated carbocycles. The number of halogens is 2. The zero-order valence-corrected chi connectivity index (χ0v) is 17.2. The third-order valence-corrected chi connectivity index (χ3v) is 6.28. The number of piperidine rings is 1. The minimum Gasteiger partial charge on any atom is -0.491 e. The highest BCUT2D eigenvalue weighted by Crippen LogP contribution is 2.59. The van der Waals surface area contributed by atoms with Crippen LogP contribution < -0.4 is 9.47 Å². The molecule has 31 heavy (non-hydrogen) atoms. The van der Waals surface area contributed by atoms with Crippen molar-refractivity contribution in [2.24, 2.45) is 11.8 Å². The van der Waals surface area contributed by atoms with E-state index in [1.807, 2.05) is 47.4 Å². The summed E-state index contributed by atoms with van der Waals surface area (Å²) in [5.74, 6) is -2.33. The zero-order valence-electron chi connectivity index (χ0n) is 17.2. The Morgan fingerprint density at radius 2 is 1.81 bits per heavy atom. The number of methoxy groups -OCH3 is 1. The van der Waals surface area contributed by atoms with E-state index in [0.29, 0.717) is 31.3 Å². The van der Waals surface area contributed by atoms with Crippen molar-refractivity contribution in [2.75, 3.05) is 33.4 Å². The lowest BCUT2D eigenvalue weighted by molar-refractivity contribution is 0.0302. The normalized spacial score (nSPS) is 22.8. The van der Waals surface area contributed by atoms with Gasteiger partial charge in [-0.3, -0.25) is 4.90 Å². The highest BCUT2D eigenvalue weighted by atomic mass is 19.3. The third-order valence-electron chi connectivity index (χ3n) is 6.28. The molecule has 1 aliphatic heterocycles. The Labute approximate surface area is 179 Å². The number of nitrogens with zero attached hydrogens (tertiary/aromatic N) is 2. The largest absolute Gasteiger partial charge is 0.491 e. The molecule has 5 rings (SSSR count). The van der Waals surface area contributed by atoms with Gasteiger partial charge in [-0.25, -0.2) is 13.8 Å². The van der Waals surface area contributed by atoms with Gasteiger partial charge < -0.3 is 14.6 Å². The number of ether oxygens (including phenoxy) is 2. The molecule has 1 aliphatic carbocycles. The van der Waals surface area contributed by atoms with Gasteiger partial charge in [0.25, 0.3) is 5.92 Å². The highest BCUT2D eigenvalue weighted by Gasteiger charge is 2.71. The lowest BCUT2D eigenvalue weighted by atomic mass is 10.0. The summed E-state index contributed by atoms with van der Waals surface area (Å²) >= 11 is 0. The number of aliphatic hydroxyl groups is 1. The molecule has 3 unspecified atom stereocenters. The fraction of sp³-hybridized carbons (Fsp3) is 0.375. The van der Waals surface area contributed by atoms with E-state index in [2.05, 4.69) is 11.1 Å². The number of pyridine rings is 1. The second-order valence-electron chi connectivity index (χ2n) is 8.38. The Kier molecular flexibility index (Phi) is 5.02. The molecular weight excluding hydrogens is 402 g/mol. The van der Waals surface area contributed by atoms with Gasteiger partial charge in [0.2, 0.25) is 5.88 Å². The van der Waals surface area contributed by atoms with Gasteiger partial charge in [0.05, 0.1) is 7.11 Å². The number of benzene rings is 2. The van der Waals surface area contributed by atoms with Crippen molar-refractivity contribution in [2.45, 2.75) is 12.0 Å². The van der Waals surface area contributed by atoms with E-state index >= 15 is 0 Å². The molecule has 2 aromatic carbocycles. The lowest BCUT2D eigenvalue weighted by Crippen LogP contribution is -2.37. The van der Waals surface area contributed by atoms with Gasteiger partial charge in [0, 0.05) is 49.3 Å². The first kappa shape index (κ1) is 20.2. The average molecular weight is 426 g/mol. The number of rotatable bonds is 7. The summed E-state index contributed by atoms with van der Waals surface area (Å²) in [5.41, 5.74) is 2.02. The van der Waals surface area contributed by atoms with Gasteiger partial charge >= 0.3 is 0 Å². The highest BCUT2D eigenvalue weighted by molar-refractivity contribution is 5.88. The van der Waals surface area contributed by atoms with Crippen LogP contribution in [0.3, 0.4) is 0 Å². The van der Waals surface area contributed by atoms with E-state index in [9.17, 15) is 13.9 Å². The molecule has 3 aromatic rings. The Morgan fingerprint density at radius 1 is 1.06 bits per heavy atom. The summed E-state index contributed by atoms with van der Waals surface area (Å²) < 4.78 is 37.5. The first-order chi connectivity index (χ1) is 14.9. The molecule has 0 radical (unpaired) electrons. The number of likely N-dealkylation sites (tertiary alicyclic amines) is 1. The standard InChI is InChI=1S/C24H24F2N2O3/c1-30-23-7-5-17(10-27-23)16-3-2-15-4-6-20(9-18(15)8-16)31-14-19(29)11-28-12-21-22(13-28)24(21,25)26/h2-10,19,21-22,29H,11-14H2,1H3. The van der Waals surface area contributed by atoms with Crippen LogP contribution in [0.5, 0.6) is 11.6 Å². The first-order valence-electron chi connectivity index (χ1n) is 10.4. The van der Waals surface area contributed by atoms with E-state index in [-0.39, 0.29) is 6.61 Å². The molecule has 162 valence electrons. The van der Waals surface area contributed by atoms with Crippen molar-refractivity contribution in [3.63, 3.8) is 0 Å². The van der Waals surface area contributed by atoms with Gasteiger partial charge in [0.15, 0.2) is 0 Å². The summed E-state index contributed by atoms with van der Waals surface area (Å²) in [6, 6.07) is 15.7. The van der Waals surface area contributed by atoms with Gasteiger partial charge in [-0.05, 0) is 40.6 Å². The molecule has 2 fully saturated rings. The van der Waals surface area contributed by atoms with Crippen LogP contribution in [0, 0.1) is 11.8 Å². The predicted octanol–water partition coefficient (Wildman–Crippen LogP) is 3.85. The second kappa shape index (κ2) is 7.73. The molecule has 0 amide bonds. The quantitative estimate of drug-likeness (QED) is 0.622. The molecule has 3 atom stereocenters. The number of fused-ring (bicyclic) bond motifs is 2. The molecule has 2 aliphatic rings. The predicted molar refractivity (Wildman–Crippen MR) is 114 cm³/mol. The van der Waals surface area contributed by atoms with Gasteiger partial charge in [-0.15, -0.1) is 0 Å². The maximum Gasteiger partial charge on any atom is 0.257 e. The van der Waals surface area contributed by atoms with Crippen LogP contribution in [-0.4, -0.2) is 60.4 Å². The van der Waals surface area contributed by atoms with Crippen molar-refractivity contribution in [3.8, 4) is 22.8 Å².